The van der Waals surface area contributed by atoms with E-state index in [1.54, 1.807) is 37.5 Å². The number of amides is 1. The summed E-state index contributed by atoms with van der Waals surface area (Å²) in [5.41, 5.74) is 4.02. The van der Waals surface area contributed by atoms with Crippen molar-refractivity contribution in [1.82, 2.24) is 9.78 Å². The lowest BCUT2D eigenvalue weighted by molar-refractivity contribution is -0.142. The molecule has 0 aliphatic rings. The fourth-order valence-corrected chi connectivity index (χ4v) is 2.95. The second kappa shape index (κ2) is 9.56. The first kappa shape index (κ1) is 20.9. The maximum absolute atomic E-state index is 12.0. The van der Waals surface area contributed by atoms with Crippen LogP contribution >= 0.6 is 0 Å². The first-order valence-electron chi connectivity index (χ1n) is 9.38. The molecule has 0 radical (unpaired) electrons. The van der Waals surface area contributed by atoms with Gasteiger partial charge in [0, 0.05) is 29.1 Å². The minimum atomic E-state index is -0.609. The zero-order chi connectivity index (χ0) is 21.5. The van der Waals surface area contributed by atoms with Gasteiger partial charge in [-0.3, -0.25) is 4.79 Å². The molecule has 0 spiro atoms. The smallest absolute Gasteiger partial charge is 0.331 e. The van der Waals surface area contributed by atoms with Crippen molar-refractivity contribution in [2.45, 2.75) is 13.8 Å². The van der Waals surface area contributed by atoms with Gasteiger partial charge in [-0.25, -0.2) is 9.48 Å². The molecule has 30 heavy (non-hydrogen) atoms. The molecule has 1 aromatic heterocycles. The van der Waals surface area contributed by atoms with Gasteiger partial charge in [0.05, 0.1) is 18.5 Å². The summed E-state index contributed by atoms with van der Waals surface area (Å²) in [5, 5.41) is 7.18. The predicted octanol–water partition coefficient (Wildman–Crippen LogP) is 3.69. The van der Waals surface area contributed by atoms with Crippen LogP contribution in [0.15, 0.2) is 60.7 Å². The second-order valence-corrected chi connectivity index (χ2v) is 6.55. The molecule has 0 aliphatic carbocycles. The van der Waals surface area contributed by atoms with Crippen LogP contribution in [0.4, 0.5) is 5.69 Å². The quantitative estimate of drug-likeness (QED) is 0.479. The zero-order valence-electron chi connectivity index (χ0n) is 17.1. The number of ether oxygens (including phenoxy) is 2. The van der Waals surface area contributed by atoms with E-state index >= 15 is 0 Å². The summed E-state index contributed by atoms with van der Waals surface area (Å²) < 4.78 is 12.0. The highest BCUT2D eigenvalue weighted by Crippen LogP contribution is 2.19. The molecule has 0 fully saturated rings. The van der Waals surface area contributed by atoms with Gasteiger partial charge in [-0.1, -0.05) is 24.3 Å². The normalized spacial score (nSPS) is 10.8. The molecule has 2 aromatic carbocycles. The van der Waals surface area contributed by atoms with Crippen molar-refractivity contribution in [3.63, 3.8) is 0 Å². The lowest BCUT2D eigenvalue weighted by Gasteiger charge is -2.07. The summed E-state index contributed by atoms with van der Waals surface area (Å²) in [7, 11) is 1.54. The number of esters is 1. The number of aryl methyl sites for hydroxylation is 1. The second-order valence-electron chi connectivity index (χ2n) is 6.55. The van der Waals surface area contributed by atoms with E-state index < -0.39 is 11.9 Å². The largest absolute Gasteiger partial charge is 0.497 e. The third kappa shape index (κ3) is 5.14. The monoisotopic (exact) mass is 405 g/mol. The fourth-order valence-electron chi connectivity index (χ4n) is 2.95. The number of para-hydroxylation sites is 1. The minimum absolute atomic E-state index is 0.387. The Balaban J connectivity index is 1.58. The number of nitrogens with one attached hydrogen (secondary N) is 1. The molecule has 0 saturated heterocycles. The van der Waals surface area contributed by atoms with Crippen LogP contribution in [-0.2, 0) is 14.3 Å². The summed E-state index contributed by atoms with van der Waals surface area (Å²) in [6, 6.07) is 16.7. The number of nitrogens with zero attached hydrogens (tertiary/aromatic N) is 2. The van der Waals surface area contributed by atoms with E-state index in [4.69, 9.17) is 9.47 Å². The van der Waals surface area contributed by atoms with Gasteiger partial charge in [0.1, 0.15) is 5.75 Å². The van der Waals surface area contributed by atoms with E-state index in [-0.39, 0.29) is 6.61 Å². The van der Waals surface area contributed by atoms with Crippen LogP contribution in [-0.4, -0.2) is 35.4 Å². The molecule has 1 N–H and O–H groups in total. The number of carbonyl (C=O) groups is 2. The summed E-state index contributed by atoms with van der Waals surface area (Å²) >= 11 is 0. The topological polar surface area (TPSA) is 82.4 Å². The first-order valence-corrected chi connectivity index (χ1v) is 9.38. The van der Waals surface area contributed by atoms with Crippen LogP contribution in [0.1, 0.15) is 17.0 Å². The van der Waals surface area contributed by atoms with E-state index in [0.29, 0.717) is 11.4 Å². The Morgan fingerprint density at radius 1 is 1.10 bits per heavy atom. The number of rotatable bonds is 7. The van der Waals surface area contributed by atoms with Gasteiger partial charge < -0.3 is 14.8 Å². The Kier molecular flexibility index (Phi) is 6.64. The van der Waals surface area contributed by atoms with Crippen molar-refractivity contribution in [3.05, 3.63) is 77.6 Å². The fraction of sp³-hybridized carbons (Fsp3) is 0.174. The Morgan fingerprint density at radius 2 is 1.87 bits per heavy atom. The standard InChI is InChI=1S/C23H23N3O4/c1-16-21(17(2)26(25-16)19-9-5-4-6-10-19)12-13-23(28)30-15-22(27)24-18-8-7-11-20(14-18)29-3/h4-14H,15H2,1-3H3,(H,24,27)/b13-12+. The Hall–Kier alpha value is -3.87. The first-order chi connectivity index (χ1) is 14.5. The molecule has 0 atom stereocenters. The number of benzene rings is 2. The number of aromatic nitrogens is 2. The van der Waals surface area contributed by atoms with Crippen molar-refractivity contribution in [2.75, 3.05) is 19.0 Å². The predicted molar refractivity (Wildman–Crippen MR) is 115 cm³/mol. The molecular weight excluding hydrogens is 382 g/mol. The summed E-state index contributed by atoms with van der Waals surface area (Å²) in [4.78, 5) is 24.0. The SMILES string of the molecule is COc1cccc(NC(=O)COC(=O)/C=C/c2c(C)nn(-c3ccccc3)c2C)c1. The molecular formula is C23H23N3O4. The molecule has 0 aliphatic heterocycles. The molecule has 154 valence electrons. The Bertz CT molecular complexity index is 1070. The summed E-state index contributed by atoms with van der Waals surface area (Å²) in [6.45, 7) is 3.42. The molecule has 0 unspecified atom stereocenters. The molecule has 1 amide bonds. The van der Waals surface area contributed by atoms with Gasteiger partial charge in [-0.15, -0.1) is 0 Å². The van der Waals surface area contributed by atoms with Crippen LogP contribution in [0.5, 0.6) is 5.75 Å². The van der Waals surface area contributed by atoms with Crippen molar-refractivity contribution in [3.8, 4) is 11.4 Å². The third-order valence-electron chi connectivity index (χ3n) is 4.43. The third-order valence-corrected chi connectivity index (χ3v) is 4.43. The maximum Gasteiger partial charge on any atom is 0.331 e. The van der Waals surface area contributed by atoms with E-state index in [0.717, 1.165) is 22.6 Å². The summed E-state index contributed by atoms with van der Waals surface area (Å²) in [6.07, 6.45) is 2.95. The Labute approximate surface area is 174 Å². The van der Waals surface area contributed by atoms with Gasteiger partial charge in [-0.2, -0.15) is 5.10 Å². The van der Waals surface area contributed by atoms with Gasteiger partial charge >= 0.3 is 5.97 Å². The molecule has 0 bridgehead atoms. The van der Waals surface area contributed by atoms with Crippen molar-refractivity contribution < 1.29 is 19.1 Å². The number of methoxy groups -OCH3 is 1. The highest BCUT2D eigenvalue weighted by molar-refractivity contribution is 5.94. The lowest BCUT2D eigenvalue weighted by Crippen LogP contribution is -2.20. The van der Waals surface area contributed by atoms with E-state index in [1.807, 2.05) is 48.9 Å². The van der Waals surface area contributed by atoms with Gasteiger partial charge in [0.15, 0.2) is 6.61 Å². The van der Waals surface area contributed by atoms with Crippen LogP contribution in [0.25, 0.3) is 11.8 Å². The minimum Gasteiger partial charge on any atom is -0.497 e. The van der Waals surface area contributed by atoms with Gasteiger partial charge in [0.2, 0.25) is 0 Å². The lowest BCUT2D eigenvalue weighted by atomic mass is 10.2. The molecule has 7 nitrogen and oxygen atoms in total. The van der Waals surface area contributed by atoms with E-state index in [1.165, 1.54) is 6.08 Å². The molecule has 1 heterocycles. The van der Waals surface area contributed by atoms with E-state index in [9.17, 15) is 9.59 Å². The number of hydrogen-bond donors (Lipinski definition) is 1. The zero-order valence-corrected chi connectivity index (χ0v) is 17.1. The average molecular weight is 405 g/mol. The number of anilines is 1. The van der Waals surface area contributed by atoms with Crippen LogP contribution < -0.4 is 10.1 Å². The number of carbonyl (C=O) groups excluding carboxylic acids is 2. The Morgan fingerprint density at radius 3 is 2.60 bits per heavy atom. The van der Waals surface area contributed by atoms with Crippen LogP contribution in [0, 0.1) is 13.8 Å². The van der Waals surface area contributed by atoms with E-state index in [2.05, 4.69) is 10.4 Å². The maximum atomic E-state index is 12.0. The van der Waals surface area contributed by atoms with Crippen molar-refractivity contribution in [1.29, 1.82) is 0 Å². The molecule has 7 heteroatoms. The highest BCUT2D eigenvalue weighted by atomic mass is 16.5. The molecule has 3 rings (SSSR count). The molecule has 3 aromatic rings. The van der Waals surface area contributed by atoms with Crippen molar-refractivity contribution in [2.24, 2.45) is 0 Å². The van der Waals surface area contributed by atoms with Gasteiger partial charge in [0.25, 0.3) is 5.91 Å². The summed E-state index contributed by atoms with van der Waals surface area (Å²) in [5.74, 6) is -0.425. The average Bonchev–Trinajstić information content (AvgIpc) is 3.05. The molecule has 0 saturated carbocycles. The number of hydrogen-bond acceptors (Lipinski definition) is 5. The highest BCUT2D eigenvalue weighted by Gasteiger charge is 2.11. The van der Waals surface area contributed by atoms with Crippen molar-refractivity contribution >= 4 is 23.6 Å². The van der Waals surface area contributed by atoms with Crippen LogP contribution in [0.2, 0.25) is 0 Å². The van der Waals surface area contributed by atoms with Gasteiger partial charge in [-0.05, 0) is 44.2 Å². The van der Waals surface area contributed by atoms with Crippen LogP contribution in [0.3, 0.4) is 0 Å².